The summed E-state index contributed by atoms with van der Waals surface area (Å²) in [5.74, 6) is 0.673. The Morgan fingerprint density at radius 3 is 2.56 bits per heavy atom. The third-order valence-electron chi connectivity index (χ3n) is 3.85. The van der Waals surface area contributed by atoms with Crippen molar-refractivity contribution in [2.24, 2.45) is 11.3 Å². The lowest BCUT2D eigenvalue weighted by Gasteiger charge is -2.35. The maximum Gasteiger partial charge on any atom is 0.0854 e. The van der Waals surface area contributed by atoms with E-state index in [0.29, 0.717) is 5.92 Å². The van der Waals surface area contributed by atoms with Gasteiger partial charge in [0.1, 0.15) is 0 Å². The molecule has 0 aliphatic heterocycles. The Balaban J connectivity index is 2.18. The van der Waals surface area contributed by atoms with Crippen molar-refractivity contribution in [1.29, 1.82) is 0 Å². The molecule has 0 saturated heterocycles. The van der Waals surface area contributed by atoms with E-state index in [9.17, 15) is 5.11 Å². The second kappa shape index (κ2) is 4.89. The predicted octanol–water partition coefficient (Wildman–Crippen LogP) is 4.39. The van der Waals surface area contributed by atoms with Crippen molar-refractivity contribution in [2.45, 2.75) is 52.1 Å². The highest BCUT2D eigenvalue weighted by atomic mass is 32.1. The van der Waals surface area contributed by atoms with Crippen LogP contribution in [-0.2, 0) is 0 Å². The Morgan fingerprint density at radius 1 is 1.38 bits per heavy atom. The van der Waals surface area contributed by atoms with Gasteiger partial charge in [-0.25, -0.2) is 0 Å². The number of rotatable bonds is 4. The molecule has 0 aromatic carbocycles. The first-order valence-corrected chi connectivity index (χ1v) is 7.28. The minimum absolute atomic E-state index is 0.162. The minimum Gasteiger partial charge on any atom is -0.388 e. The van der Waals surface area contributed by atoms with Gasteiger partial charge in [-0.3, -0.25) is 0 Å². The molecule has 1 aromatic heterocycles. The highest BCUT2D eigenvalue weighted by Crippen LogP contribution is 2.51. The minimum atomic E-state index is -0.247. The molecule has 0 amide bonds. The summed E-state index contributed by atoms with van der Waals surface area (Å²) in [6, 6.07) is 2.08. The number of thiophene rings is 1. The second-order valence-corrected chi connectivity index (χ2v) is 6.41. The second-order valence-electron chi connectivity index (χ2n) is 5.63. The molecule has 1 saturated carbocycles. The number of hydrogen-bond acceptors (Lipinski definition) is 2. The summed E-state index contributed by atoms with van der Waals surface area (Å²) >= 11 is 1.68. The van der Waals surface area contributed by atoms with Crippen molar-refractivity contribution >= 4 is 11.3 Å². The van der Waals surface area contributed by atoms with E-state index in [1.54, 1.807) is 11.3 Å². The molecule has 1 N–H and O–H groups in total. The van der Waals surface area contributed by atoms with Crippen LogP contribution in [0.2, 0.25) is 0 Å². The molecule has 1 heterocycles. The van der Waals surface area contributed by atoms with Crippen molar-refractivity contribution in [3.63, 3.8) is 0 Å². The van der Waals surface area contributed by atoms with Gasteiger partial charge in [0, 0.05) is 5.41 Å². The van der Waals surface area contributed by atoms with E-state index in [1.807, 2.05) is 0 Å². The SMILES string of the molecule is CC(C)CC1(C(O)c2ccsc2)CCCC1. The zero-order valence-electron chi connectivity index (χ0n) is 10.3. The van der Waals surface area contributed by atoms with Gasteiger partial charge in [-0.1, -0.05) is 26.7 Å². The average Bonchev–Trinajstić information content (AvgIpc) is 2.85. The Labute approximate surface area is 103 Å². The maximum atomic E-state index is 10.6. The van der Waals surface area contributed by atoms with E-state index >= 15 is 0 Å². The summed E-state index contributed by atoms with van der Waals surface area (Å²) in [5.41, 5.74) is 1.29. The van der Waals surface area contributed by atoms with Gasteiger partial charge in [-0.2, -0.15) is 11.3 Å². The third-order valence-corrected chi connectivity index (χ3v) is 4.55. The van der Waals surface area contributed by atoms with E-state index < -0.39 is 0 Å². The van der Waals surface area contributed by atoms with Crippen LogP contribution in [0, 0.1) is 11.3 Å². The van der Waals surface area contributed by atoms with Crippen LogP contribution < -0.4 is 0 Å². The molecule has 1 aliphatic carbocycles. The van der Waals surface area contributed by atoms with E-state index in [4.69, 9.17) is 0 Å². The van der Waals surface area contributed by atoms with E-state index in [2.05, 4.69) is 30.7 Å². The Kier molecular flexibility index (Phi) is 3.70. The van der Waals surface area contributed by atoms with Crippen molar-refractivity contribution < 1.29 is 5.11 Å². The Hall–Kier alpha value is -0.340. The summed E-state index contributed by atoms with van der Waals surface area (Å²) in [7, 11) is 0. The number of aliphatic hydroxyl groups excluding tert-OH is 1. The van der Waals surface area contributed by atoms with Gasteiger partial charge in [0.15, 0.2) is 0 Å². The van der Waals surface area contributed by atoms with E-state index in [0.717, 1.165) is 12.0 Å². The van der Waals surface area contributed by atoms with Gasteiger partial charge < -0.3 is 5.11 Å². The van der Waals surface area contributed by atoms with Crippen molar-refractivity contribution in [3.8, 4) is 0 Å². The Morgan fingerprint density at radius 2 is 2.06 bits per heavy atom. The molecule has 1 aliphatic rings. The molecule has 2 rings (SSSR count). The van der Waals surface area contributed by atoms with Crippen LogP contribution in [0.15, 0.2) is 16.8 Å². The standard InChI is InChI=1S/C14H22OS/c1-11(2)9-14(6-3-4-7-14)13(15)12-5-8-16-10-12/h5,8,10-11,13,15H,3-4,6-7,9H2,1-2H3. The molecular weight excluding hydrogens is 216 g/mol. The van der Waals surface area contributed by atoms with Crippen LogP contribution in [-0.4, -0.2) is 5.11 Å². The van der Waals surface area contributed by atoms with Crippen LogP contribution in [0.25, 0.3) is 0 Å². The van der Waals surface area contributed by atoms with Gasteiger partial charge >= 0.3 is 0 Å². The summed E-state index contributed by atoms with van der Waals surface area (Å²) in [6.07, 6.45) is 5.87. The quantitative estimate of drug-likeness (QED) is 0.825. The maximum absolute atomic E-state index is 10.6. The zero-order chi connectivity index (χ0) is 11.6. The number of aliphatic hydroxyl groups is 1. The van der Waals surface area contributed by atoms with Crippen LogP contribution in [0.5, 0.6) is 0 Å². The lowest BCUT2D eigenvalue weighted by molar-refractivity contribution is 0.0115. The summed E-state index contributed by atoms with van der Waals surface area (Å²) < 4.78 is 0. The topological polar surface area (TPSA) is 20.2 Å². The number of hydrogen-bond donors (Lipinski definition) is 1. The normalized spacial score (nSPS) is 21.5. The van der Waals surface area contributed by atoms with Crippen LogP contribution in [0.1, 0.15) is 57.6 Å². The first-order chi connectivity index (χ1) is 7.64. The molecule has 0 bridgehead atoms. The van der Waals surface area contributed by atoms with Crippen LogP contribution in [0.4, 0.5) is 0 Å². The Bertz CT molecular complexity index is 309. The molecule has 1 unspecified atom stereocenters. The predicted molar refractivity (Wildman–Crippen MR) is 69.6 cm³/mol. The molecule has 1 fully saturated rings. The summed E-state index contributed by atoms with van der Waals surface area (Å²) in [5, 5.41) is 14.8. The first-order valence-electron chi connectivity index (χ1n) is 6.34. The lowest BCUT2D eigenvalue weighted by atomic mass is 9.72. The highest BCUT2D eigenvalue weighted by Gasteiger charge is 2.41. The fraction of sp³-hybridized carbons (Fsp3) is 0.714. The average molecular weight is 238 g/mol. The van der Waals surface area contributed by atoms with Gasteiger partial charge in [-0.15, -0.1) is 0 Å². The van der Waals surface area contributed by atoms with Gasteiger partial charge in [0.2, 0.25) is 0 Å². The fourth-order valence-corrected chi connectivity index (χ4v) is 3.94. The molecule has 0 radical (unpaired) electrons. The van der Waals surface area contributed by atoms with Crippen molar-refractivity contribution in [3.05, 3.63) is 22.4 Å². The molecule has 16 heavy (non-hydrogen) atoms. The highest BCUT2D eigenvalue weighted by molar-refractivity contribution is 7.07. The zero-order valence-corrected chi connectivity index (χ0v) is 11.1. The molecule has 90 valence electrons. The summed E-state index contributed by atoms with van der Waals surface area (Å²) in [4.78, 5) is 0. The van der Waals surface area contributed by atoms with E-state index in [-0.39, 0.29) is 11.5 Å². The fourth-order valence-electron chi connectivity index (χ4n) is 3.27. The molecule has 1 atom stereocenters. The van der Waals surface area contributed by atoms with E-state index in [1.165, 1.54) is 25.7 Å². The van der Waals surface area contributed by atoms with Crippen molar-refractivity contribution in [1.82, 2.24) is 0 Å². The first kappa shape index (κ1) is 12.1. The largest absolute Gasteiger partial charge is 0.388 e. The molecule has 0 spiro atoms. The van der Waals surface area contributed by atoms with Gasteiger partial charge in [0.05, 0.1) is 6.10 Å². The molecule has 1 nitrogen and oxygen atoms in total. The van der Waals surface area contributed by atoms with Gasteiger partial charge in [0.25, 0.3) is 0 Å². The monoisotopic (exact) mass is 238 g/mol. The smallest absolute Gasteiger partial charge is 0.0854 e. The molecule has 2 heteroatoms. The van der Waals surface area contributed by atoms with Gasteiger partial charge in [-0.05, 0) is 47.6 Å². The molecule has 1 aromatic rings. The van der Waals surface area contributed by atoms with Crippen LogP contribution >= 0.6 is 11.3 Å². The summed E-state index contributed by atoms with van der Waals surface area (Å²) in [6.45, 7) is 4.53. The third kappa shape index (κ3) is 2.33. The van der Waals surface area contributed by atoms with Crippen molar-refractivity contribution in [2.75, 3.05) is 0 Å². The van der Waals surface area contributed by atoms with Crippen LogP contribution in [0.3, 0.4) is 0 Å². The lowest BCUT2D eigenvalue weighted by Crippen LogP contribution is -2.27. The molecular formula is C14H22OS.